The van der Waals surface area contributed by atoms with E-state index in [0.717, 1.165) is 13.1 Å². The summed E-state index contributed by atoms with van der Waals surface area (Å²) in [6.07, 6.45) is -3.58. The van der Waals surface area contributed by atoms with Crippen molar-refractivity contribution in [3.05, 3.63) is 21.7 Å². The maximum absolute atomic E-state index is 15.8. The molecule has 15 nitrogen and oxygen atoms in total. The Bertz CT molecular complexity index is 1180. The van der Waals surface area contributed by atoms with Crippen LogP contribution in [0.3, 0.4) is 0 Å². The highest BCUT2D eigenvalue weighted by Crippen LogP contribution is 2.52. The highest BCUT2D eigenvalue weighted by atomic mass is 35.5. The van der Waals surface area contributed by atoms with Gasteiger partial charge in [-0.3, -0.25) is 18.7 Å². The maximum Gasteiger partial charge on any atom is 0.480 e. The molecule has 2 heterocycles. The van der Waals surface area contributed by atoms with E-state index >= 15 is 4.39 Å². The number of anilines is 1. The maximum atomic E-state index is 15.8. The third-order valence-corrected chi connectivity index (χ3v) is 7.08. The number of hydrogen-bond acceptors (Lipinski definition) is 14. The first kappa shape index (κ1) is 34.0. The van der Waals surface area contributed by atoms with Crippen LogP contribution < -0.4 is 11.4 Å². The molecule has 1 aliphatic rings. The number of phosphoric acid groups is 1. The molecule has 0 saturated carbocycles. The lowest BCUT2D eigenvalue weighted by atomic mass is 9.98. The Morgan fingerprint density at radius 3 is 2.02 bits per heavy atom. The van der Waals surface area contributed by atoms with E-state index in [9.17, 15) is 29.2 Å². The van der Waals surface area contributed by atoms with Gasteiger partial charge in [0.05, 0.1) is 15.9 Å². The predicted octanol–water partition coefficient (Wildman–Crippen LogP) is 1.82. The summed E-state index contributed by atoms with van der Waals surface area (Å²) >= 11 is 5.89. The summed E-state index contributed by atoms with van der Waals surface area (Å²) < 4.78 is 59.4. The molecule has 228 valence electrons. The fourth-order valence-corrected chi connectivity index (χ4v) is 4.12. The van der Waals surface area contributed by atoms with Gasteiger partial charge in [-0.05, 0) is 48.5 Å². The van der Waals surface area contributed by atoms with Gasteiger partial charge in [0.25, 0.3) is 5.85 Å². The van der Waals surface area contributed by atoms with Gasteiger partial charge in [0.1, 0.15) is 24.6 Å². The Balaban J connectivity index is 2.25. The van der Waals surface area contributed by atoms with Crippen LogP contribution in [0.25, 0.3) is 0 Å². The highest BCUT2D eigenvalue weighted by Gasteiger charge is 2.63. The first-order valence-corrected chi connectivity index (χ1v) is 13.6. The molecule has 1 aliphatic heterocycles. The lowest BCUT2D eigenvalue weighted by Crippen LogP contribution is -2.48. The molecule has 0 unspecified atom stereocenters. The molecular weight excluding hydrogens is 584 g/mol. The van der Waals surface area contributed by atoms with Crippen LogP contribution in [0, 0.1) is 10.8 Å². The van der Waals surface area contributed by atoms with Crippen molar-refractivity contribution < 1.29 is 56.5 Å². The number of aliphatic hydroxyl groups is 2. The molecule has 0 radical (unpaired) electrons. The molecule has 40 heavy (non-hydrogen) atoms. The number of carbonyl (C=O) groups excluding carboxylic acids is 2. The molecule has 1 aromatic heterocycles. The average molecular weight is 618 g/mol. The number of rotatable bonds is 10. The Labute approximate surface area is 234 Å². The first-order valence-electron chi connectivity index (χ1n) is 11.7. The van der Waals surface area contributed by atoms with Gasteiger partial charge in [0.15, 0.2) is 5.72 Å². The average Bonchev–Trinajstić information content (AvgIpc) is 2.99. The van der Waals surface area contributed by atoms with Crippen molar-refractivity contribution in [3.8, 4) is 0 Å². The van der Waals surface area contributed by atoms with Gasteiger partial charge in [0.2, 0.25) is 13.6 Å². The molecular formula is C22H34ClFN3O12P. The van der Waals surface area contributed by atoms with Crippen LogP contribution in [0.15, 0.2) is 11.0 Å². The Hall–Kier alpha value is -2.17. The molecule has 1 saturated heterocycles. The van der Waals surface area contributed by atoms with Crippen molar-refractivity contribution in [2.24, 2.45) is 10.8 Å². The largest absolute Gasteiger partial charge is 0.480 e. The van der Waals surface area contributed by atoms with Gasteiger partial charge >= 0.3 is 25.5 Å². The number of hydrogen-bond donors (Lipinski definition) is 3. The zero-order valence-electron chi connectivity index (χ0n) is 23.0. The smallest absolute Gasteiger partial charge is 0.437 e. The standard InChI is InChI=1S/C22H34ClFN3O12P/c1-19(2,3)16(30)34-10-37-40(33,38-11-35-17(31)20(4,5)6)36-9-22(24)14(29)13(28)21(7,39-22)27-8-12(23)15(25)26-18(27)32/h8,13-14,28-29H,9-11H2,1-7H3,(H2,25,26,32)/t13-,14+,21-,22-/m1/s1. The van der Waals surface area contributed by atoms with Gasteiger partial charge in [-0.15, -0.1) is 0 Å². The van der Waals surface area contributed by atoms with Crippen LogP contribution in [0.4, 0.5) is 10.2 Å². The van der Waals surface area contributed by atoms with E-state index < -0.39 is 80.3 Å². The zero-order chi connectivity index (χ0) is 30.9. The second-order valence-electron chi connectivity index (χ2n) is 11.0. The van der Waals surface area contributed by atoms with E-state index in [1.165, 1.54) is 41.5 Å². The summed E-state index contributed by atoms with van der Waals surface area (Å²) in [6, 6.07) is 0. The van der Waals surface area contributed by atoms with E-state index in [1.807, 2.05) is 0 Å². The molecule has 2 rings (SSSR count). The van der Waals surface area contributed by atoms with Crippen LogP contribution >= 0.6 is 19.4 Å². The number of halogens is 2. The fourth-order valence-electron chi connectivity index (χ4n) is 3.06. The molecule has 0 aliphatic carbocycles. The van der Waals surface area contributed by atoms with Crippen LogP contribution in [0.2, 0.25) is 5.02 Å². The lowest BCUT2D eigenvalue weighted by molar-refractivity contribution is -0.239. The molecule has 0 spiro atoms. The van der Waals surface area contributed by atoms with Gasteiger partial charge in [-0.1, -0.05) is 11.6 Å². The Morgan fingerprint density at radius 2 is 1.57 bits per heavy atom. The lowest BCUT2D eigenvalue weighted by Gasteiger charge is -2.30. The summed E-state index contributed by atoms with van der Waals surface area (Å²) in [5.41, 5.74) is 0.172. The minimum atomic E-state index is -4.90. The Kier molecular flexibility index (Phi) is 10.2. The van der Waals surface area contributed by atoms with Crippen molar-refractivity contribution in [1.29, 1.82) is 0 Å². The SMILES string of the molecule is CC(C)(C)C(=O)OCOP(=O)(OCOC(=O)C(C)(C)C)OC[C@@]1(F)O[C@@](C)(n2cc(Cl)c(N)nc2=O)[C@H](O)[C@@H]1O. The Morgan fingerprint density at radius 1 is 1.10 bits per heavy atom. The monoisotopic (exact) mass is 617 g/mol. The second kappa shape index (κ2) is 12.0. The molecule has 0 aromatic carbocycles. The van der Waals surface area contributed by atoms with Crippen LogP contribution in [0.5, 0.6) is 0 Å². The van der Waals surface area contributed by atoms with Gasteiger partial charge in [-0.25, -0.2) is 22.8 Å². The van der Waals surface area contributed by atoms with Crippen LogP contribution in [0.1, 0.15) is 48.5 Å². The van der Waals surface area contributed by atoms with Crippen molar-refractivity contribution in [2.45, 2.75) is 72.3 Å². The second-order valence-corrected chi connectivity index (χ2v) is 13.1. The number of esters is 2. The summed E-state index contributed by atoms with van der Waals surface area (Å²) in [7, 11) is -4.90. The molecule has 0 bridgehead atoms. The highest BCUT2D eigenvalue weighted by molar-refractivity contribution is 7.48. The van der Waals surface area contributed by atoms with Crippen LogP contribution in [-0.2, 0) is 47.7 Å². The first-order chi connectivity index (χ1) is 18.1. The number of ether oxygens (including phenoxy) is 3. The van der Waals surface area contributed by atoms with E-state index in [2.05, 4.69) is 4.98 Å². The zero-order valence-corrected chi connectivity index (χ0v) is 24.7. The van der Waals surface area contributed by atoms with Gasteiger partial charge in [0, 0.05) is 6.20 Å². The number of nitrogen functional groups attached to an aromatic ring is 1. The molecule has 4 atom stereocenters. The quantitative estimate of drug-likeness (QED) is 0.194. The van der Waals surface area contributed by atoms with E-state index in [1.54, 1.807) is 0 Å². The summed E-state index contributed by atoms with van der Waals surface area (Å²) in [6.45, 7) is 6.91. The number of nitrogens with zero attached hydrogens (tertiary/aromatic N) is 2. The number of alkyl halides is 1. The molecule has 18 heteroatoms. The fraction of sp³-hybridized carbons (Fsp3) is 0.727. The van der Waals surface area contributed by atoms with E-state index in [-0.39, 0.29) is 10.8 Å². The number of carbonyl (C=O) groups is 2. The van der Waals surface area contributed by atoms with Gasteiger partial charge in [-0.2, -0.15) is 4.98 Å². The number of nitrogens with two attached hydrogens (primary N) is 1. The predicted molar refractivity (Wildman–Crippen MR) is 135 cm³/mol. The summed E-state index contributed by atoms with van der Waals surface area (Å²) in [4.78, 5) is 39.8. The molecule has 0 amide bonds. The van der Waals surface area contributed by atoms with Gasteiger partial charge < -0.3 is 30.2 Å². The number of aliphatic hydroxyl groups excluding tert-OH is 2. The molecule has 1 aromatic rings. The van der Waals surface area contributed by atoms with Crippen molar-refractivity contribution in [3.63, 3.8) is 0 Å². The topological polar surface area (TPSA) is 208 Å². The molecule has 1 fully saturated rings. The summed E-state index contributed by atoms with van der Waals surface area (Å²) in [5, 5.41) is 20.8. The van der Waals surface area contributed by atoms with E-state index in [4.69, 9.17) is 45.1 Å². The number of phosphoric ester groups is 1. The summed E-state index contributed by atoms with van der Waals surface area (Å²) in [5.74, 6) is -5.18. The van der Waals surface area contributed by atoms with Crippen molar-refractivity contribution in [1.82, 2.24) is 9.55 Å². The molecule has 4 N–H and O–H groups in total. The minimum absolute atomic E-state index is 0.236. The van der Waals surface area contributed by atoms with Crippen LogP contribution in [-0.4, -0.2) is 70.0 Å². The third-order valence-electron chi connectivity index (χ3n) is 5.50. The number of aromatic nitrogens is 2. The van der Waals surface area contributed by atoms with Crippen molar-refractivity contribution in [2.75, 3.05) is 25.9 Å². The minimum Gasteiger partial charge on any atom is -0.437 e. The normalized spacial score (nSPS) is 25.6. The van der Waals surface area contributed by atoms with Crippen molar-refractivity contribution >= 4 is 37.2 Å². The van der Waals surface area contributed by atoms with E-state index in [0.29, 0.717) is 4.57 Å². The third kappa shape index (κ3) is 7.76.